The first kappa shape index (κ1) is 17.4. The van der Waals surface area contributed by atoms with E-state index in [1.165, 1.54) is 0 Å². The zero-order valence-corrected chi connectivity index (χ0v) is 12.5. The predicted molar refractivity (Wildman–Crippen MR) is 75.2 cm³/mol. The van der Waals surface area contributed by atoms with Gasteiger partial charge >= 0.3 is 0 Å². The lowest BCUT2D eigenvalue weighted by molar-refractivity contribution is -0.122. The van der Waals surface area contributed by atoms with Crippen molar-refractivity contribution in [3.63, 3.8) is 0 Å². The summed E-state index contributed by atoms with van der Waals surface area (Å²) in [5.74, 6) is -0.00207. The van der Waals surface area contributed by atoms with Crippen LogP contribution in [0.2, 0.25) is 0 Å². The molecule has 0 bridgehead atoms. The molecule has 0 heterocycles. The molecule has 0 aromatic heterocycles. The fraction of sp³-hybridized carbons (Fsp3) is 0.929. The summed E-state index contributed by atoms with van der Waals surface area (Å²) >= 11 is 0. The second kappa shape index (κ2) is 7.10. The molecule has 0 saturated carbocycles. The van der Waals surface area contributed by atoms with Gasteiger partial charge in [0.15, 0.2) is 0 Å². The van der Waals surface area contributed by atoms with E-state index in [0.29, 0.717) is 19.4 Å². The molecule has 108 valence electrons. The van der Waals surface area contributed by atoms with E-state index in [1.807, 2.05) is 13.8 Å². The molecular formula is C14H30N2O2. The highest BCUT2D eigenvalue weighted by molar-refractivity contribution is 5.76. The number of carbonyl (C=O) groups excluding carboxylic acids is 1. The zero-order chi connectivity index (χ0) is 14.4. The molecule has 0 aliphatic rings. The van der Waals surface area contributed by atoms with Gasteiger partial charge in [-0.2, -0.15) is 0 Å². The van der Waals surface area contributed by atoms with E-state index in [9.17, 15) is 4.79 Å². The van der Waals surface area contributed by atoms with Crippen LogP contribution in [0.4, 0.5) is 0 Å². The standard InChI is InChI=1S/C14H30N2O2/c1-13(2,3)9-11(15)8-12(18)16-10-14(4,5)6-7-17/h11,17H,6-10,15H2,1-5H3,(H,16,18). The van der Waals surface area contributed by atoms with Gasteiger partial charge in [0.25, 0.3) is 0 Å². The Bertz CT molecular complexity index is 257. The molecule has 0 aliphatic heterocycles. The first-order valence-electron chi connectivity index (χ1n) is 6.69. The molecule has 18 heavy (non-hydrogen) atoms. The van der Waals surface area contributed by atoms with E-state index >= 15 is 0 Å². The second-order valence-corrected chi connectivity index (χ2v) is 7.14. The summed E-state index contributed by atoms with van der Waals surface area (Å²) in [4.78, 5) is 11.7. The average Bonchev–Trinajstić information content (AvgIpc) is 2.11. The largest absolute Gasteiger partial charge is 0.396 e. The summed E-state index contributed by atoms with van der Waals surface area (Å²) in [6.07, 6.45) is 1.88. The van der Waals surface area contributed by atoms with Gasteiger partial charge in [-0.25, -0.2) is 0 Å². The number of amides is 1. The van der Waals surface area contributed by atoms with Crippen molar-refractivity contribution in [2.45, 2.75) is 59.9 Å². The van der Waals surface area contributed by atoms with E-state index in [2.05, 4.69) is 26.1 Å². The third-order valence-corrected chi connectivity index (χ3v) is 2.87. The molecule has 4 nitrogen and oxygen atoms in total. The van der Waals surface area contributed by atoms with Crippen molar-refractivity contribution >= 4 is 5.91 Å². The van der Waals surface area contributed by atoms with Crippen molar-refractivity contribution in [2.75, 3.05) is 13.2 Å². The Labute approximate surface area is 111 Å². The monoisotopic (exact) mass is 258 g/mol. The average molecular weight is 258 g/mol. The number of carbonyl (C=O) groups is 1. The van der Waals surface area contributed by atoms with Crippen molar-refractivity contribution in [2.24, 2.45) is 16.6 Å². The Balaban J connectivity index is 3.98. The van der Waals surface area contributed by atoms with Crippen LogP contribution in [0.15, 0.2) is 0 Å². The summed E-state index contributed by atoms with van der Waals surface area (Å²) in [6, 6.07) is -0.0917. The lowest BCUT2D eigenvalue weighted by atomic mass is 9.87. The van der Waals surface area contributed by atoms with Gasteiger partial charge in [-0.1, -0.05) is 34.6 Å². The topological polar surface area (TPSA) is 75.4 Å². The van der Waals surface area contributed by atoms with Gasteiger partial charge in [0.05, 0.1) is 0 Å². The molecule has 0 saturated heterocycles. The quantitative estimate of drug-likeness (QED) is 0.650. The van der Waals surface area contributed by atoms with Crippen molar-refractivity contribution in [1.29, 1.82) is 0 Å². The molecule has 0 spiro atoms. The highest BCUT2D eigenvalue weighted by Gasteiger charge is 2.21. The van der Waals surface area contributed by atoms with Crippen LogP contribution in [0.3, 0.4) is 0 Å². The predicted octanol–water partition coefficient (Wildman–Crippen LogP) is 1.66. The van der Waals surface area contributed by atoms with Gasteiger partial charge in [-0.05, 0) is 23.7 Å². The number of aliphatic hydroxyl groups excluding tert-OH is 1. The minimum atomic E-state index is -0.0917. The Morgan fingerprint density at radius 2 is 1.83 bits per heavy atom. The smallest absolute Gasteiger partial charge is 0.221 e. The van der Waals surface area contributed by atoms with Gasteiger partial charge in [-0.15, -0.1) is 0 Å². The normalized spacial score (nSPS) is 14.4. The molecule has 1 atom stereocenters. The number of hydrogen-bond donors (Lipinski definition) is 3. The van der Waals surface area contributed by atoms with Gasteiger partial charge < -0.3 is 16.2 Å². The molecule has 0 aromatic carbocycles. The summed E-state index contributed by atoms with van der Waals surface area (Å²) in [5, 5.41) is 11.8. The SMILES string of the molecule is CC(C)(C)CC(N)CC(=O)NCC(C)(C)CCO. The fourth-order valence-electron chi connectivity index (χ4n) is 1.90. The summed E-state index contributed by atoms with van der Waals surface area (Å²) in [5.41, 5.74) is 6.04. The third kappa shape index (κ3) is 9.42. The fourth-order valence-corrected chi connectivity index (χ4v) is 1.90. The van der Waals surface area contributed by atoms with Crippen LogP contribution in [0.25, 0.3) is 0 Å². The molecule has 4 heteroatoms. The maximum Gasteiger partial charge on any atom is 0.221 e. The molecule has 0 aromatic rings. The minimum absolute atomic E-state index is 0.00207. The van der Waals surface area contributed by atoms with Crippen LogP contribution in [0.5, 0.6) is 0 Å². The van der Waals surface area contributed by atoms with Crippen LogP contribution in [0.1, 0.15) is 53.9 Å². The maximum absolute atomic E-state index is 11.7. The van der Waals surface area contributed by atoms with Crippen LogP contribution < -0.4 is 11.1 Å². The van der Waals surface area contributed by atoms with Gasteiger partial charge in [0, 0.05) is 25.6 Å². The summed E-state index contributed by atoms with van der Waals surface area (Å²) in [7, 11) is 0. The van der Waals surface area contributed by atoms with Crippen LogP contribution in [-0.2, 0) is 4.79 Å². The molecule has 0 rings (SSSR count). The number of nitrogens with two attached hydrogens (primary N) is 1. The molecule has 0 fully saturated rings. The highest BCUT2D eigenvalue weighted by atomic mass is 16.3. The van der Waals surface area contributed by atoms with E-state index < -0.39 is 0 Å². The van der Waals surface area contributed by atoms with E-state index in [-0.39, 0.29) is 29.4 Å². The first-order valence-corrected chi connectivity index (χ1v) is 6.69. The Hall–Kier alpha value is -0.610. The van der Waals surface area contributed by atoms with E-state index in [0.717, 1.165) is 6.42 Å². The molecular weight excluding hydrogens is 228 g/mol. The lowest BCUT2D eigenvalue weighted by Crippen LogP contribution is -2.38. The molecule has 1 amide bonds. The number of nitrogens with one attached hydrogen (secondary N) is 1. The van der Waals surface area contributed by atoms with Crippen molar-refractivity contribution in [3.05, 3.63) is 0 Å². The number of hydrogen-bond acceptors (Lipinski definition) is 3. The Morgan fingerprint density at radius 1 is 1.28 bits per heavy atom. The van der Waals surface area contributed by atoms with Crippen LogP contribution in [-0.4, -0.2) is 30.2 Å². The zero-order valence-electron chi connectivity index (χ0n) is 12.5. The van der Waals surface area contributed by atoms with Gasteiger partial charge in [0.2, 0.25) is 5.91 Å². The third-order valence-electron chi connectivity index (χ3n) is 2.87. The molecule has 0 aliphatic carbocycles. The second-order valence-electron chi connectivity index (χ2n) is 7.14. The highest BCUT2D eigenvalue weighted by Crippen LogP contribution is 2.21. The molecule has 0 radical (unpaired) electrons. The maximum atomic E-state index is 11.7. The Morgan fingerprint density at radius 3 is 2.28 bits per heavy atom. The first-order chi connectivity index (χ1) is 8.06. The van der Waals surface area contributed by atoms with Crippen LogP contribution >= 0.6 is 0 Å². The molecule has 4 N–H and O–H groups in total. The number of aliphatic hydroxyl groups is 1. The summed E-state index contributed by atoms with van der Waals surface area (Å²) in [6.45, 7) is 11.1. The summed E-state index contributed by atoms with van der Waals surface area (Å²) < 4.78 is 0. The molecule has 1 unspecified atom stereocenters. The van der Waals surface area contributed by atoms with Gasteiger partial charge in [0.1, 0.15) is 0 Å². The van der Waals surface area contributed by atoms with Crippen molar-refractivity contribution < 1.29 is 9.90 Å². The Kier molecular flexibility index (Phi) is 6.86. The lowest BCUT2D eigenvalue weighted by Gasteiger charge is -2.25. The minimum Gasteiger partial charge on any atom is -0.396 e. The van der Waals surface area contributed by atoms with Crippen molar-refractivity contribution in [1.82, 2.24) is 5.32 Å². The number of rotatable bonds is 7. The van der Waals surface area contributed by atoms with E-state index in [1.54, 1.807) is 0 Å². The van der Waals surface area contributed by atoms with Gasteiger partial charge in [-0.3, -0.25) is 4.79 Å². The van der Waals surface area contributed by atoms with E-state index in [4.69, 9.17) is 10.8 Å². The van der Waals surface area contributed by atoms with Crippen LogP contribution in [0, 0.1) is 10.8 Å². The van der Waals surface area contributed by atoms with Crippen molar-refractivity contribution in [3.8, 4) is 0 Å².